The van der Waals surface area contributed by atoms with Crippen molar-refractivity contribution in [2.45, 2.75) is 32.7 Å². The normalized spacial score (nSPS) is 20.1. The van der Waals surface area contributed by atoms with E-state index < -0.39 is 0 Å². The summed E-state index contributed by atoms with van der Waals surface area (Å²) in [4.78, 5) is 13.0. The minimum atomic E-state index is -0.190. The Bertz CT molecular complexity index is 201. The van der Waals surface area contributed by atoms with E-state index in [2.05, 4.69) is 19.2 Å². The van der Waals surface area contributed by atoms with Gasteiger partial charge in [0.25, 0.3) is 0 Å². The number of carbonyl (C=O) groups is 1. The summed E-state index contributed by atoms with van der Waals surface area (Å²) in [7, 11) is 1.44. The lowest BCUT2D eigenvalue weighted by Gasteiger charge is -2.34. The molecular weight excluding hydrogens is 192 g/mol. The molecule has 0 spiro atoms. The lowest BCUT2D eigenvalue weighted by molar-refractivity contribution is 0.101. The molecule has 1 amide bonds. The Hall–Kier alpha value is -0.770. The van der Waals surface area contributed by atoms with Gasteiger partial charge in [-0.25, -0.2) is 4.79 Å². The van der Waals surface area contributed by atoms with E-state index >= 15 is 0 Å². The Morgan fingerprint density at radius 3 is 2.60 bits per heavy atom. The summed E-state index contributed by atoms with van der Waals surface area (Å²) in [6.07, 6.45) is 1.96. The first-order chi connectivity index (χ1) is 7.19. The van der Waals surface area contributed by atoms with Gasteiger partial charge in [0.05, 0.1) is 7.11 Å². The van der Waals surface area contributed by atoms with Crippen LogP contribution in [0.4, 0.5) is 4.79 Å². The van der Waals surface area contributed by atoms with E-state index in [0.29, 0.717) is 12.0 Å². The average molecular weight is 214 g/mol. The minimum absolute atomic E-state index is 0.190. The molecule has 1 atom stereocenters. The molecule has 1 aliphatic heterocycles. The Labute approximate surface area is 92.0 Å². The number of carbonyl (C=O) groups excluding carboxylic acids is 1. The second-order valence-corrected chi connectivity index (χ2v) is 4.14. The number of piperidine rings is 1. The van der Waals surface area contributed by atoms with Gasteiger partial charge >= 0.3 is 6.09 Å². The van der Waals surface area contributed by atoms with Gasteiger partial charge in [-0.1, -0.05) is 6.92 Å². The van der Waals surface area contributed by atoms with Crippen LogP contribution in [0.1, 0.15) is 26.7 Å². The van der Waals surface area contributed by atoms with Gasteiger partial charge in [-0.05, 0) is 32.2 Å². The summed E-state index contributed by atoms with van der Waals surface area (Å²) in [5.74, 6) is 0.686. The molecule has 1 aliphatic rings. The largest absolute Gasteiger partial charge is 0.453 e. The van der Waals surface area contributed by atoms with Crippen molar-refractivity contribution in [1.82, 2.24) is 10.2 Å². The molecule has 0 bridgehead atoms. The first-order valence-electron chi connectivity index (χ1n) is 5.75. The number of methoxy groups -OCH3 is 1. The number of rotatable bonds is 3. The van der Waals surface area contributed by atoms with Crippen molar-refractivity contribution in [2.75, 3.05) is 26.7 Å². The highest BCUT2D eigenvalue weighted by atomic mass is 16.5. The first-order valence-corrected chi connectivity index (χ1v) is 5.75. The zero-order valence-corrected chi connectivity index (χ0v) is 9.95. The first kappa shape index (κ1) is 12.3. The molecule has 4 nitrogen and oxygen atoms in total. The van der Waals surface area contributed by atoms with Crippen LogP contribution in [0.2, 0.25) is 0 Å². The molecule has 0 aliphatic carbocycles. The highest BCUT2D eigenvalue weighted by molar-refractivity contribution is 5.67. The van der Waals surface area contributed by atoms with Crippen molar-refractivity contribution in [3.05, 3.63) is 0 Å². The Morgan fingerprint density at radius 2 is 2.13 bits per heavy atom. The van der Waals surface area contributed by atoms with Crippen molar-refractivity contribution >= 4 is 6.09 Å². The van der Waals surface area contributed by atoms with Crippen LogP contribution in [0.3, 0.4) is 0 Å². The van der Waals surface area contributed by atoms with Gasteiger partial charge in [-0.3, -0.25) is 0 Å². The summed E-state index contributed by atoms with van der Waals surface area (Å²) in [6.45, 7) is 7.01. The fourth-order valence-electron chi connectivity index (χ4n) is 2.20. The van der Waals surface area contributed by atoms with Crippen LogP contribution >= 0.6 is 0 Å². The smallest absolute Gasteiger partial charge is 0.409 e. The van der Waals surface area contributed by atoms with Crippen molar-refractivity contribution in [3.63, 3.8) is 0 Å². The predicted octanol–water partition coefficient (Wildman–Crippen LogP) is 1.46. The van der Waals surface area contributed by atoms with Crippen molar-refractivity contribution in [3.8, 4) is 0 Å². The van der Waals surface area contributed by atoms with Crippen molar-refractivity contribution in [1.29, 1.82) is 0 Å². The molecule has 0 radical (unpaired) electrons. The number of nitrogens with zero attached hydrogens (tertiary/aromatic N) is 1. The molecule has 15 heavy (non-hydrogen) atoms. The molecule has 0 saturated carbocycles. The quantitative estimate of drug-likeness (QED) is 0.773. The van der Waals surface area contributed by atoms with E-state index in [1.54, 1.807) is 4.90 Å². The molecule has 0 aromatic carbocycles. The van der Waals surface area contributed by atoms with Crippen LogP contribution in [0.5, 0.6) is 0 Å². The van der Waals surface area contributed by atoms with E-state index in [0.717, 1.165) is 32.5 Å². The van der Waals surface area contributed by atoms with Gasteiger partial charge < -0.3 is 15.0 Å². The maximum absolute atomic E-state index is 11.3. The van der Waals surface area contributed by atoms with Crippen LogP contribution in [0, 0.1) is 5.92 Å². The standard InChI is InChI=1S/C11H22N2O2/c1-4-12-9(2)10-5-7-13(8-6-10)11(14)15-3/h9-10,12H,4-8H2,1-3H3. The third-order valence-corrected chi connectivity index (χ3v) is 3.21. The Balaban J connectivity index is 2.32. The third kappa shape index (κ3) is 3.38. The van der Waals surface area contributed by atoms with Gasteiger partial charge in [-0.15, -0.1) is 0 Å². The van der Waals surface area contributed by atoms with Gasteiger partial charge in [0.2, 0.25) is 0 Å². The van der Waals surface area contributed by atoms with Crippen LogP contribution in [-0.4, -0.2) is 43.8 Å². The van der Waals surface area contributed by atoms with Crippen molar-refractivity contribution < 1.29 is 9.53 Å². The summed E-state index contributed by atoms with van der Waals surface area (Å²) >= 11 is 0. The van der Waals surface area contributed by atoms with Crippen molar-refractivity contribution in [2.24, 2.45) is 5.92 Å². The molecule has 4 heteroatoms. The fourth-order valence-corrected chi connectivity index (χ4v) is 2.20. The minimum Gasteiger partial charge on any atom is -0.453 e. The number of nitrogens with one attached hydrogen (secondary N) is 1. The van der Waals surface area contributed by atoms with Gasteiger partial charge in [-0.2, -0.15) is 0 Å². The fraction of sp³-hybridized carbons (Fsp3) is 0.909. The van der Waals surface area contributed by atoms with Crippen LogP contribution in [0.15, 0.2) is 0 Å². The summed E-state index contributed by atoms with van der Waals surface area (Å²) < 4.78 is 4.70. The number of hydrogen-bond acceptors (Lipinski definition) is 3. The molecule has 1 saturated heterocycles. The number of likely N-dealkylation sites (tertiary alicyclic amines) is 1. The molecule has 0 aromatic rings. The van der Waals surface area contributed by atoms with Gasteiger partial charge in [0, 0.05) is 19.1 Å². The van der Waals surface area contributed by atoms with E-state index in [4.69, 9.17) is 4.74 Å². The summed E-state index contributed by atoms with van der Waals surface area (Å²) in [5.41, 5.74) is 0. The molecule has 1 heterocycles. The Morgan fingerprint density at radius 1 is 1.53 bits per heavy atom. The van der Waals surface area contributed by atoms with E-state index in [1.807, 2.05) is 0 Å². The second-order valence-electron chi connectivity index (χ2n) is 4.14. The topological polar surface area (TPSA) is 41.6 Å². The number of ether oxygens (including phenoxy) is 1. The zero-order chi connectivity index (χ0) is 11.3. The monoisotopic (exact) mass is 214 g/mol. The van der Waals surface area contributed by atoms with Gasteiger partial charge in [0.15, 0.2) is 0 Å². The van der Waals surface area contributed by atoms with Gasteiger partial charge in [0.1, 0.15) is 0 Å². The molecule has 1 unspecified atom stereocenters. The van der Waals surface area contributed by atoms with Crippen LogP contribution in [0.25, 0.3) is 0 Å². The van der Waals surface area contributed by atoms with Crippen LogP contribution in [-0.2, 0) is 4.74 Å². The maximum Gasteiger partial charge on any atom is 0.409 e. The summed E-state index contributed by atoms with van der Waals surface area (Å²) in [5, 5.41) is 3.44. The Kier molecular flexibility index (Phi) is 4.88. The number of amides is 1. The highest BCUT2D eigenvalue weighted by Gasteiger charge is 2.25. The highest BCUT2D eigenvalue weighted by Crippen LogP contribution is 2.20. The lowest BCUT2D eigenvalue weighted by atomic mass is 9.90. The van der Waals surface area contributed by atoms with Crippen LogP contribution < -0.4 is 5.32 Å². The third-order valence-electron chi connectivity index (χ3n) is 3.21. The molecule has 1 N–H and O–H groups in total. The van der Waals surface area contributed by atoms with E-state index in [9.17, 15) is 4.79 Å². The molecule has 1 fully saturated rings. The maximum atomic E-state index is 11.3. The predicted molar refractivity (Wildman–Crippen MR) is 59.8 cm³/mol. The molecular formula is C11H22N2O2. The van der Waals surface area contributed by atoms with E-state index in [-0.39, 0.29) is 6.09 Å². The summed E-state index contributed by atoms with van der Waals surface area (Å²) in [6, 6.07) is 0.551. The molecule has 88 valence electrons. The SMILES string of the molecule is CCNC(C)C1CCN(C(=O)OC)CC1. The average Bonchev–Trinajstić information content (AvgIpc) is 2.28. The lowest BCUT2D eigenvalue weighted by Crippen LogP contribution is -2.44. The van der Waals surface area contributed by atoms with E-state index in [1.165, 1.54) is 7.11 Å². The second kappa shape index (κ2) is 5.95. The molecule has 1 rings (SSSR count). The zero-order valence-electron chi connectivity index (χ0n) is 9.95. The number of hydrogen-bond donors (Lipinski definition) is 1. The molecule has 0 aromatic heterocycles.